The lowest BCUT2D eigenvalue weighted by atomic mass is 10.4. The van der Waals surface area contributed by atoms with E-state index in [1.165, 1.54) is 4.90 Å². The van der Waals surface area contributed by atoms with E-state index in [4.69, 9.17) is 0 Å². The van der Waals surface area contributed by atoms with Crippen LogP contribution in [0.25, 0.3) is 0 Å². The maximum Gasteiger partial charge on any atom is 0.317 e. The minimum atomic E-state index is -0.153. The maximum absolute atomic E-state index is 11.3. The van der Waals surface area contributed by atoms with Crippen molar-refractivity contribution in [2.24, 2.45) is 0 Å². The second kappa shape index (κ2) is 4.69. The summed E-state index contributed by atoms with van der Waals surface area (Å²) < 4.78 is 0. The van der Waals surface area contributed by atoms with E-state index in [-0.39, 0.29) is 18.5 Å². The number of carbonyl (C=O) groups excluding carboxylic acids is 2. The lowest BCUT2D eigenvalue weighted by Crippen LogP contribution is -2.43. The van der Waals surface area contributed by atoms with Crippen LogP contribution < -0.4 is 10.6 Å². The van der Waals surface area contributed by atoms with Gasteiger partial charge in [-0.1, -0.05) is 0 Å². The van der Waals surface area contributed by atoms with Gasteiger partial charge in [0.05, 0.1) is 0 Å². The van der Waals surface area contributed by atoms with Crippen molar-refractivity contribution in [3.05, 3.63) is 0 Å². The Labute approximate surface area is 77.5 Å². The highest BCUT2D eigenvalue weighted by Gasteiger charge is 2.18. The minimum absolute atomic E-state index is 0.0799. The highest BCUT2D eigenvalue weighted by molar-refractivity contribution is 5.84. The number of nitrogens with one attached hydrogen (secondary N) is 2. The molecule has 0 atom stereocenters. The summed E-state index contributed by atoms with van der Waals surface area (Å²) in [7, 11) is 0. The van der Waals surface area contributed by atoms with Gasteiger partial charge in [-0.25, -0.2) is 4.79 Å². The van der Waals surface area contributed by atoms with Gasteiger partial charge in [-0.3, -0.25) is 4.79 Å². The average molecular weight is 185 g/mol. The molecular formula is C8H15N3O2. The number of hydrogen-bond acceptors (Lipinski definition) is 2. The van der Waals surface area contributed by atoms with E-state index in [1.807, 2.05) is 6.92 Å². The Kier molecular flexibility index (Phi) is 3.54. The van der Waals surface area contributed by atoms with Crippen LogP contribution in [0.2, 0.25) is 0 Å². The molecule has 0 spiro atoms. The molecule has 1 fully saturated rings. The molecule has 5 nitrogen and oxygen atoms in total. The van der Waals surface area contributed by atoms with Crippen LogP contribution in [0.15, 0.2) is 0 Å². The van der Waals surface area contributed by atoms with Crippen LogP contribution in [0.4, 0.5) is 4.79 Å². The van der Waals surface area contributed by atoms with Crippen molar-refractivity contribution in [1.82, 2.24) is 15.5 Å². The van der Waals surface area contributed by atoms with Gasteiger partial charge in [-0.15, -0.1) is 0 Å². The monoisotopic (exact) mass is 185 g/mol. The molecule has 1 rings (SSSR count). The van der Waals surface area contributed by atoms with Crippen molar-refractivity contribution in [2.45, 2.75) is 13.3 Å². The molecule has 0 aromatic rings. The fraction of sp³-hybridized carbons (Fsp3) is 0.750. The van der Waals surface area contributed by atoms with E-state index in [2.05, 4.69) is 10.6 Å². The van der Waals surface area contributed by atoms with E-state index in [1.54, 1.807) is 0 Å². The number of hydrogen-bond donors (Lipinski definition) is 2. The quantitative estimate of drug-likeness (QED) is 0.580. The van der Waals surface area contributed by atoms with Crippen LogP contribution in [-0.2, 0) is 4.79 Å². The zero-order valence-electron chi connectivity index (χ0n) is 7.80. The van der Waals surface area contributed by atoms with Gasteiger partial charge in [-0.05, 0) is 13.3 Å². The molecule has 5 heteroatoms. The summed E-state index contributed by atoms with van der Waals surface area (Å²) >= 11 is 0. The molecule has 0 radical (unpaired) electrons. The highest BCUT2D eigenvalue weighted by Crippen LogP contribution is 1.96. The summed E-state index contributed by atoms with van der Waals surface area (Å²) in [6, 6.07) is -0.153. The molecule has 2 N–H and O–H groups in total. The van der Waals surface area contributed by atoms with Crippen molar-refractivity contribution in [1.29, 1.82) is 0 Å². The SMILES string of the molecule is CCNC(=O)N1CCCNC(=O)C1. The predicted molar refractivity (Wildman–Crippen MR) is 48.3 cm³/mol. The largest absolute Gasteiger partial charge is 0.354 e. The van der Waals surface area contributed by atoms with Gasteiger partial charge in [0.25, 0.3) is 0 Å². The Morgan fingerprint density at radius 1 is 1.69 bits per heavy atom. The van der Waals surface area contributed by atoms with Gasteiger partial charge in [0.15, 0.2) is 0 Å². The molecule has 74 valence electrons. The summed E-state index contributed by atoms with van der Waals surface area (Å²) in [5.74, 6) is -0.0799. The number of carbonyl (C=O) groups is 2. The predicted octanol–water partition coefficient (Wildman–Crippen LogP) is -0.462. The van der Waals surface area contributed by atoms with Crippen LogP contribution >= 0.6 is 0 Å². The van der Waals surface area contributed by atoms with Crippen molar-refractivity contribution in [3.63, 3.8) is 0 Å². The molecule has 0 aliphatic carbocycles. The summed E-state index contributed by atoms with van der Waals surface area (Å²) in [5.41, 5.74) is 0. The number of nitrogens with zero attached hydrogens (tertiary/aromatic N) is 1. The van der Waals surface area contributed by atoms with Crippen molar-refractivity contribution >= 4 is 11.9 Å². The molecule has 1 aliphatic rings. The van der Waals surface area contributed by atoms with Crippen LogP contribution in [0.1, 0.15) is 13.3 Å². The lowest BCUT2D eigenvalue weighted by molar-refractivity contribution is -0.121. The Hall–Kier alpha value is -1.26. The van der Waals surface area contributed by atoms with Crippen LogP contribution in [-0.4, -0.2) is 43.0 Å². The van der Waals surface area contributed by atoms with Gasteiger partial charge in [0.1, 0.15) is 6.54 Å². The Morgan fingerprint density at radius 2 is 2.46 bits per heavy atom. The van der Waals surface area contributed by atoms with E-state index in [0.717, 1.165) is 6.42 Å². The van der Waals surface area contributed by atoms with Gasteiger partial charge in [0, 0.05) is 19.6 Å². The Morgan fingerprint density at radius 3 is 3.15 bits per heavy atom. The second-order valence-electron chi connectivity index (χ2n) is 2.96. The third-order valence-corrected chi connectivity index (χ3v) is 1.88. The molecule has 0 aromatic carbocycles. The first-order valence-corrected chi connectivity index (χ1v) is 4.53. The number of urea groups is 1. The van der Waals surface area contributed by atoms with Gasteiger partial charge in [-0.2, -0.15) is 0 Å². The minimum Gasteiger partial charge on any atom is -0.354 e. The zero-order valence-corrected chi connectivity index (χ0v) is 7.80. The highest BCUT2D eigenvalue weighted by atomic mass is 16.2. The van der Waals surface area contributed by atoms with Crippen LogP contribution in [0.3, 0.4) is 0 Å². The maximum atomic E-state index is 11.3. The standard InChI is InChI=1S/C8H15N3O2/c1-2-9-8(13)11-5-3-4-10-7(12)6-11/h2-6H2,1H3,(H,9,13)(H,10,12). The fourth-order valence-electron chi connectivity index (χ4n) is 1.24. The van der Waals surface area contributed by atoms with E-state index in [9.17, 15) is 9.59 Å². The van der Waals surface area contributed by atoms with E-state index >= 15 is 0 Å². The summed E-state index contributed by atoms with van der Waals surface area (Å²) in [6.45, 7) is 3.93. The first kappa shape index (κ1) is 9.83. The Bertz CT molecular complexity index is 206. The topological polar surface area (TPSA) is 61.4 Å². The lowest BCUT2D eigenvalue weighted by Gasteiger charge is -2.18. The van der Waals surface area contributed by atoms with Gasteiger partial charge < -0.3 is 15.5 Å². The first-order chi connectivity index (χ1) is 6.24. The molecule has 0 aromatic heterocycles. The smallest absolute Gasteiger partial charge is 0.317 e. The van der Waals surface area contributed by atoms with E-state index in [0.29, 0.717) is 19.6 Å². The molecule has 0 unspecified atom stereocenters. The molecular weight excluding hydrogens is 170 g/mol. The number of rotatable bonds is 1. The molecule has 1 aliphatic heterocycles. The van der Waals surface area contributed by atoms with Crippen LogP contribution in [0.5, 0.6) is 0 Å². The molecule has 0 saturated carbocycles. The molecule has 3 amide bonds. The van der Waals surface area contributed by atoms with E-state index < -0.39 is 0 Å². The normalized spacial score (nSPS) is 17.6. The fourth-order valence-corrected chi connectivity index (χ4v) is 1.24. The Balaban J connectivity index is 2.47. The van der Waals surface area contributed by atoms with Crippen molar-refractivity contribution in [2.75, 3.05) is 26.2 Å². The summed E-state index contributed by atoms with van der Waals surface area (Å²) in [5, 5.41) is 5.38. The third kappa shape index (κ3) is 2.93. The van der Waals surface area contributed by atoms with Crippen LogP contribution in [0, 0.1) is 0 Å². The molecule has 0 bridgehead atoms. The van der Waals surface area contributed by atoms with Crippen molar-refractivity contribution in [3.8, 4) is 0 Å². The first-order valence-electron chi connectivity index (χ1n) is 4.53. The second-order valence-corrected chi connectivity index (χ2v) is 2.96. The molecule has 1 heterocycles. The summed E-state index contributed by atoms with van der Waals surface area (Å²) in [6.07, 6.45) is 0.822. The summed E-state index contributed by atoms with van der Waals surface area (Å²) in [4.78, 5) is 23.9. The van der Waals surface area contributed by atoms with Crippen molar-refractivity contribution < 1.29 is 9.59 Å². The zero-order chi connectivity index (χ0) is 9.68. The van der Waals surface area contributed by atoms with Gasteiger partial charge >= 0.3 is 6.03 Å². The third-order valence-electron chi connectivity index (χ3n) is 1.88. The average Bonchev–Trinajstić information content (AvgIpc) is 2.30. The number of amides is 3. The molecule has 13 heavy (non-hydrogen) atoms. The molecule has 1 saturated heterocycles. The van der Waals surface area contributed by atoms with Gasteiger partial charge in [0.2, 0.25) is 5.91 Å².